The molecule has 204 valence electrons. The highest BCUT2D eigenvalue weighted by Gasteiger charge is 2.20. The van der Waals surface area contributed by atoms with Gasteiger partial charge in [-0.1, -0.05) is 18.2 Å². The van der Waals surface area contributed by atoms with Crippen molar-refractivity contribution >= 4 is 60.7 Å². The van der Waals surface area contributed by atoms with Gasteiger partial charge in [0.25, 0.3) is 0 Å². The minimum absolute atomic E-state index is 0.0550. The van der Waals surface area contributed by atoms with E-state index in [-0.39, 0.29) is 25.1 Å². The fraction of sp³-hybridized carbons (Fsp3) is 0.231. The first-order valence-corrected chi connectivity index (χ1v) is 14.6. The number of benzene rings is 2. The zero-order valence-corrected chi connectivity index (χ0v) is 23.1. The van der Waals surface area contributed by atoms with Gasteiger partial charge in [-0.15, -0.1) is 11.3 Å². The van der Waals surface area contributed by atoms with Crippen molar-refractivity contribution in [1.29, 1.82) is 0 Å². The number of thiophene rings is 1. The number of esters is 1. The molecule has 0 saturated heterocycles. The monoisotopic (exact) mass is 569 g/mol. The number of hydrogen-bond acceptors (Lipinski definition) is 8. The third-order valence-electron chi connectivity index (χ3n) is 5.55. The first-order chi connectivity index (χ1) is 18.5. The summed E-state index contributed by atoms with van der Waals surface area (Å²) in [5, 5.41) is 10.8. The van der Waals surface area contributed by atoms with E-state index in [2.05, 4.69) is 20.5 Å². The summed E-state index contributed by atoms with van der Waals surface area (Å²) in [5.41, 5.74) is 2.94. The first kappa shape index (κ1) is 27.8. The van der Waals surface area contributed by atoms with E-state index in [1.807, 2.05) is 25.2 Å². The van der Waals surface area contributed by atoms with Gasteiger partial charge in [-0.05, 0) is 48.4 Å². The van der Waals surface area contributed by atoms with E-state index in [0.29, 0.717) is 16.3 Å². The molecule has 0 bridgehead atoms. The summed E-state index contributed by atoms with van der Waals surface area (Å²) in [6.07, 6.45) is 2.73. The van der Waals surface area contributed by atoms with Crippen molar-refractivity contribution in [3.8, 4) is 10.4 Å². The SMILES string of the molecule is CCOC(=O)c1cc(-c2ccc3c(cnn3C)c2)sc1NC(=O)CNC(=O)Cc1cccc(NS(C)(=O)=O)c1. The fourth-order valence-electron chi connectivity index (χ4n) is 3.86. The number of carbonyl (C=O) groups is 3. The highest BCUT2D eigenvalue weighted by Crippen LogP contribution is 2.37. The number of nitrogens with zero attached hydrogens (tertiary/aromatic N) is 2. The lowest BCUT2D eigenvalue weighted by Crippen LogP contribution is -2.33. The summed E-state index contributed by atoms with van der Waals surface area (Å²) in [6, 6.07) is 13.9. The number of aromatic nitrogens is 2. The fourth-order valence-corrected chi connectivity index (χ4v) is 5.47. The molecule has 0 unspecified atom stereocenters. The van der Waals surface area contributed by atoms with E-state index in [9.17, 15) is 22.8 Å². The molecule has 2 amide bonds. The number of aryl methyl sites for hydroxylation is 1. The van der Waals surface area contributed by atoms with Gasteiger partial charge < -0.3 is 15.4 Å². The molecule has 2 heterocycles. The van der Waals surface area contributed by atoms with Crippen LogP contribution < -0.4 is 15.4 Å². The minimum Gasteiger partial charge on any atom is -0.462 e. The predicted octanol–water partition coefficient (Wildman–Crippen LogP) is 3.15. The molecule has 0 spiro atoms. The first-order valence-electron chi connectivity index (χ1n) is 11.9. The molecule has 13 heteroatoms. The Balaban J connectivity index is 1.43. The molecular formula is C26H27N5O6S2. The van der Waals surface area contributed by atoms with Crippen LogP contribution in [0.3, 0.4) is 0 Å². The van der Waals surface area contributed by atoms with Crippen molar-refractivity contribution in [3.63, 3.8) is 0 Å². The molecule has 39 heavy (non-hydrogen) atoms. The van der Waals surface area contributed by atoms with Crippen molar-refractivity contribution in [1.82, 2.24) is 15.1 Å². The topological polar surface area (TPSA) is 148 Å². The van der Waals surface area contributed by atoms with Crippen LogP contribution in [-0.2, 0) is 37.8 Å². The van der Waals surface area contributed by atoms with Crippen molar-refractivity contribution in [2.75, 3.05) is 29.4 Å². The number of hydrogen-bond donors (Lipinski definition) is 3. The Labute approximate surface area is 229 Å². The van der Waals surface area contributed by atoms with Crippen LogP contribution in [0.15, 0.2) is 54.7 Å². The van der Waals surface area contributed by atoms with Gasteiger partial charge in [0.05, 0.1) is 43.1 Å². The van der Waals surface area contributed by atoms with Crippen LogP contribution in [-0.4, -0.2) is 55.4 Å². The number of nitrogens with one attached hydrogen (secondary N) is 3. The zero-order valence-electron chi connectivity index (χ0n) is 21.5. The van der Waals surface area contributed by atoms with Gasteiger partial charge in [0.2, 0.25) is 21.8 Å². The molecule has 0 radical (unpaired) electrons. The minimum atomic E-state index is -3.45. The van der Waals surface area contributed by atoms with Crippen LogP contribution >= 0.6 is 11.3 Å². The Hall–Kier alpha value is -4.23. The second-order valence-corrected chi connectivity index (χ2v) is 11.5. The van der Waals surface area contributed by atoms with E-state index in [1.165, 1.54) is 11.3 Å². The summed E-state index contributed by atoms with van der Waals surface area (Å²) in [7, 11) is -1.60. The number of rotatable bonds is 10. The van der Waals surface area contributed by atoms with Gasteiger partial charge in [-0.3, -0.25) is 19.0 Å². The third-order valence-corrected chi connectivity index (χ3v) is 7.26. The van der Waals surface area contributed by atoms with Crippen molar-refractivity contribution in [2.24, 2.45) is 7.05 Å². The second-order valence-electron chi connectivity index (χ2n) is 8.69. The average Bonchev–Trinajstić information content (AvgIpc) is 3.45. The summed E-state index contributed by atoms with van der Waals surface area (Å²) in [6.45, 7) is 1.55. The van der Waals surface area contributed by atoms with Gasteiger partial charge in [0.1, 0.15) is 5.00 Å². The number of sulfonamides is 1. The molecule has 0 saturated carbocycles. The predicted molar refractivity (Wildman–Crippen MR) is 150 cm³/mol. The number of anilines is 2. The molecule has 0 aliphatic heterocycles. The molecule has 0 fully saturated rings. The van der Waals surface area contributed by atoms with E-state index in [1.54, 1.807) is 48.1 Å². The lowest BCUT2D eigenvalue weighted by Gasteiger charge is -2.09. The van der Waals surface area contributed by atoms with Gasteiger partial charge in [0, 0.05) is 23.0 Å². The largest absolute Gasteiger partial charge is 0.462 e. The van der Waals surface area contributed by atoms with Crippen LogP contribution in [0.1, 0.15) is 22.8 Å². The van der Waals surface area contributed by atoms with Crippen molar-refractivity contribution in [2.45, 2.75) is 13.3 Å². The molecule has 0 aliphatic carbocycles. The second kappa shape index (κ2) is 11.7. The molecule has 11 nitrogen and oxygen atoms in total. The maximum Gasteiger partial charge on any atom is 0.341 e. The molecular weight excluding hydrogens is 542 g/mol. The van der Waals surface area contributed by atoms with Crippen LogP contribution in [0, 0.1) is 0 Å². The Bertz CT molecular complexity index is 1660. The zero-order chi connectivity index (χ0) is 28.2. The van der Waals surface area contributed by atoms with Crippen LogP contribution in [0.4, 0.5) is 10.7 Å². The summed E-state index contributed by atoms with van der Waals surface area (Å²) >= 11 is 1.22. The lowest BCUT2D eigenvalue weighted by molar-refractivity contribution is -0.123. The number of carbonyl (C=O) groups excluding carboxylic acids is 3. The normalized spacial score (nSPS) is 11.3. The summed E-state index contributed by atoms with van der Waals surface area (Å²) < 4.78 is 32.2. The lowest BCUT2D eigenvalue weighted by atomic mass is 10.1. The molecule has 2 aromatic carbocycles. The van der Waals surface area contributed by atoms with E-state index in [0.717, 1.165) is 27.6 Å². The molecule has 2 aromatic heterocycles. The quantitative estimate of drug-likeness (QED) is 0.249. The maximum absolute atomic E-state index is 12.7. The highest BCUT2D eigenvalue weighted by atomic mass is 32.2. The van der Waals surface area contributed by atoms with Gasteiger partial charge in [-0.2, -0.15) is 5.10 Å². The smallest absolute Gasteiger partial charge is 0.341 e. The van der Waals surface area contributed by atoms with Crippen LogP contribution in [0.2, 0.25) is 0 Å². The van der Waals surface area contributed by atoms with E-state index < -0.39 is 27.8 Å². The molecule has 0 atom stereocenters. The molecule has 4 aromatic rings. The number of amides is 2. The van der Waals surface area contributed by atoms with E-state index in [4.69, 9.17) is 4.74 Å². The van der Waals surface area contributed by atoms with Gasteiger partial charge >= 0.3 is 5.97 Å². The van der Waals surface area contributed by atoms with Gasteiger partial charge in [-0.25, -0.2) is 13.2 Å². The maximum atomic E-state index is 12.7. The summed E-state index contributed by atoms with van der Waals surface area (Å²) in [4.78, 5) is 38.4. The van der Waals surface area contributed by atoms with Crippen molar-refractivity contribution < 1.29 is 27.5 Å². The number of ether oxygens (including phenoxy) is 1. The Kier molecular flexibility index (Phi) is 8.31. The summed E-state index contributed by atoms with van der Waals surface area (Å²) in [5.74, 6) is -1.51. The van der Waals surface area contributed by atoms with Crippen LogP contribution in [0.5, 0.6) is 0 Å². The average molecular weight is 570 g/mol. The number of fused-ring (bicyclic) bond motifs is 1. The standard InChI is InChI=1S/C26H27N5O6S2/c1-4-37-26(34)20-13-22(17-8-9-21-18(12-17)14-28-31(21)2)38-25(20)29-24(33)15-27-23(32)11-16-6-5-7-19(10-16)30-39(3,35)36/h5-10,12-14,30H,4,11,15H2,1-3H3,(H,27,32)(H,29,33). The highest BCUT2D eigenvalue weighted by molar-refractivity contribution is 7.92. The van der Waals surface area contributed by atoms with Crippen molar-refractivity contribution in [3.05, 3.63) is 65.9 Å². The van der Waals surface area contributed by atoms with Crippen LogP contribution in [0.25, 0.3) is 21.3 Å². The van der Waals surface area contributed by atoms with Gasteiger partial charge in [0.15, 0.2) is 0 Å². The Morgan fingerprint density at radius 3 is 2.62 bits per heavy atom. The van der Waals surface area contributed by atoms with E-state index >= 15 is 0 Å². The Morgan fingerprint density at radius 1 is 1.08 bits per heavy atom. The third kappa shape index (κ3) is 7.21. The molecule has 3 N–H and O–H groups in total. The molecule has 4 rings (SSSR count). The molecule has 0 aliphatic rings. The Morgan fingerprint density at radius 2 is 1.87 bits per heavy atom.